The number of pyridine rings is 1. The number of nitrogen functional groups attached to an aromatic ring is 1. The maximum absolute atomic E-state index is 13.1. The number of hydrogen-bond donors (Lipinski definition) is 1. The molecule has 2 saturated carbocycles. The van der Waals surface area contributed by atoms with Gasteiger partial charge in [0, 0.05) is 46.3 Å². The zero-order valence-electron chi connectivity index (χ0n) is 16.2. The molecule has 4 aromatic heterocycles. The lowest BCUT2D eigenvalue weighted by molar-refractivity contribution is 0.478. The Hall–Kier alpha value is -2.49. The van der Waals surface area contributed by atoms with Crippen molar-refractivity contribution in [2.75, 3.05) is 5.73 Å². The van der Waals surface area contributed by atoms with Crippen LogP contribution in [-0.4, -0.2) is 34.5 Å². The van der Waals surface area contributed by atoms with Crippen molar-refractivity contribution in [2.24, 2.45) is 0 Å². The van der Waals surface area contributed by atoms with Crippen molar-refractivity contribution in [1.82, 2.24) is 24.7 Å². The van der Waals surface area contributed by atoms with Crippen LogP contribution in [0.3, 0.4) is 0 Å². The Balaban J connectivity index is 1.59. The second-order valence-corrected chi connectivity index (χ2v) is 10.8. The van der Waals surface area contributed by atoms with Gasteiger partial charge in [-0.3, -0.25) is 4.68 Å². The topological polar surface area (TPSA) is 106 Å². The molecule has 7 nitrogen and oxygen atoms in total. The molecule has 2 N–H and O–H groups in total. The number of nitrogens with zero attached hydrogens (tertiary/aromatic N) is 5. The fourth-order valence-electron chi connectivity index (χ4n) is 3.91. The quantitative estimate of drug-likeness (QED) is 0.470. The molecule has 4 aromatic rings. The van der Waals surface area contributed by atoms with Crippen molar-refractivity contribution in [1.29, 1.82) is 0 Å². The molecule has 4 heterocycles. The van der Waals surface area contributed by atoms with Crippen LogP contribution in [0.4, 0.5) is 5.69 Å². The first kappa shape index (κ1) is 18.3. The molecule has 9 heteroatoms. The van der Waals surface area contributed by atoms with Crippen molar-refractivity contribution in [3.8, 4) is 22.5 Å². The van der Waals surface area contributed by atoms with Crippen molar-refractivity contribution in [3.63, 3.8) is 0 Å². The Morgan fingerprint density at radius 1 is 1.17 bits per heavy atom. The Kier molecular flexibility index (Phi) is 4.29. The third kappa shape index (κ3) is 2.91. The molecular formula is C21H20N6OS2. The predicted octanol–water partition coefficient (Wildman–Crippen LogP) is 4.19. The summed E-state index contributed by atoms with van der Waals surface area (Å²) in [4.78, 5) is 14.0. The molecule has 0 spiro atoms. The second-order valence-electron chi connectivity index (χ2n) is 7.91. The van der Waals surface area contributed by atoms with E-state index in [2.05, 4.69) is 19.7 Å². The van der Waals surface area contributed by atoms with Crippen molar-refractivity contribution < 1.29 is 4.55 Å². The van der Waals surface area contributed by atoms with Crippen molar-refractivity contribution in [2.45, 2.75) is 47.6 Å². The summed E-state index contributed by atoms with van der Waals surface area (Å²) in [6, 6.07) is 4.50. The maximum Gasteiger partial charge on any atom is 0.232 e. The summed E-state index contributed by atoms with van der Waals surface area (Å²) in [7, 11) is 0. The van der Waals surface area contributed by atoms with Gasteiger partial charge in [-0.15, -0.1) is 0 Å². The van der Waals surface area contributed by atoms with Gasteiger partial charge in [-0.1, -0.05) is 11.3 Å². The Labute approximate surface area is 180 Å². The molecule has 6 rings (SSSR count). The molecule has 0 saturated heterocycles. The smallest absolute Gasteiger partial charge is 0.232 e. The SMILES string of the molecule is Nc1c([S+]([O-])C2CCC2)sc2nc(-c3cncnc3)cc(-c3ccnn3C3CC3)c12. The average Bonchev–Trinajstić information content (AvgIpc) is 3.36. The number of thiophene rings is 1. The van der Waals surface area contributed by atoms with Gasteiger partial charge in [0.1, 0.15) is 22.1 Å². The molecule has 1 atom stereocenters. The highest BCUT2D eigenvalue weighted by atomic mass is 32.2. The molecule has 0 amide bonds. The van der Waals surface area contributed by atoms with E-state index in [0.717, 1.165) is 69.0 Å². The standard InChI is InChI=1S/C21H20N6OS2/c22-19-18-15(17-6-7-25-27(17)13-4-5-13)8-16(12-9-23-11-24-10-12)26-20(18)29-21(19)30(28)14-2-1-3-14/h6-11,13-14H,1-5,22H2. The van der Waals surface area contributed by atoms with Gasteiger partial charge in [-0.2, -0.15) is 5.10 Å². The van der Waals surface area contributed by atoms with Gasteiger partial charge < -0.3 is 10.3 Å². The molecule has 0 radical (unpaired) electrons. The minimum atomic E-state index is -1.09. The lowest BCUT2D eigenvalue weighted by Gasteiger charge is -2.27. The number of aromatic nitrogens is 5. The summed E-state index contributed by atoms with van der Waals surface area (Å²) in [5.74, 6) is 0. The van der Waals surface area contributed by atoms with E-state index in [1.165, 1.54) is 17.7 Å². The van der Waals surface area contributed by atoms with Gasteiger partial charge >= 0.3 is 0 Å². The van der Waals surface area contributed by atoms with Crippen LogP contribution in [0.5, 0.6) is 0 Å². The summed E-state index contributed by atoms with van der Waals surface area (Å²) in [6.45, 7) is 0. The highest BCUT2D eigenvalue weighted by molar-refractivity contribution is 7.94. The van der Waals surface area contributed by atoms with Crippen LogP contribution in [0, 0.1) is 0 Å². The molecule has 2 aliphatic carbocycles. The molecule has 0 aromatic carbocycles. The second kappa shape index (κ2) is 7.04. The summed E-state index contributed by atoms with van der Waals surface area (Å²) in [6.07, 6.45) is 12.3. The summed E-state index contributed by atoms with van der Waals surface area (Å²) in [5, 5.41) is 5.65. The minimum absolute atomic E-state index is 0.211. The normalized spacial score (nSPS) is 17.9. The van der Waals surface area contributed by atoms with Crippen LogP contribution < -0.4 is 5.73 Å². The Morgan fingerprint density at radius 3 is 2.67 bits per heavy atom. The van der Waals surface area contributed by atoms with Gasteiger partial charge in [-0.05, 0) is 44.2 Å². The number of rotatable bonds is 5. The monoisotopic (exact) mass is 436 g/mol. The van der Waals surface area contributed by atoms with Gasteiger partial charge in [0.25, 0.3) is 0 Å². The lowest BCUT2D eigenvalue weighted by atomic mass is 10.00. The molecule has 2 fully saturated rings. The Morgan fingerprint density at radius 2 is 1.97 bits per heavy atom. The first-order chi connectivity index (χ1) is 14.7. The first-order valence-corrected chi connectivity index (χ1v) is 12.2. The van der Waals surface area contributed by atoms with E-state index in [0.29, 0.717) is 11.7 Å². The third-order valence-electron chi connectivity index (χ3n) is 5.90. The highest BCUT2D eigenvalue weighted by Gasteiger charge is 2.35. The molecular weight excluding hydrogens is 416 g/mol. The average molecular weight is 437 g/mol. The van der Waals surface area contributed by atoms with Crippen LogP contribution in [0.1, 0.15) is 38.1 Å². The fourth-order valence-corrected chi connectivity index (χ4v) is 7.12. The van der Waals surface area contributed by atoms with E-state index in [-0.39, 0.29) is 5.25 Å². The lowest BCUT2D eigenvalue weighted by Crippen LogP contribution is -2.28. The van der Waals surface area contributed by atoms with Crippen LogP contribution in [-0.2, 0) is 11.2 Å². The van der Waals surface area contributed by atoms with Crippen LogP contribution in [0.15, 0.2) is 41.3 Å². The maximum atomic E-state index is 13.1. The summed E-state index contributed by atoms with van der Waals surface area (Å²) >= 11 is 0.366. The van der Waals surface area contributed by atoms with Crippen molar-refractivity contribution >= 4 is 38.4 Å². The number of hydrogen-bond acceptors (Lipinski definition) is 7. The van der Waals surface area contributed by atoms with E-state index < -0.39 is 11.2 Å². The van der Waals surface area contributed by atoms with Crippen LogP contribution in [0.2, 0.25) is 0 Å². The molecule has 0 bridgehead atoms. The third-order valence-corrected chi connectivity index (χ3v) is 9.20. The number of nitrogens with two attached hydrogens (primary N) is 1. The van der Waals surface area contributed by atoms with E-state index in [1.54, 1.807) is 12.4 Å². The van der Waals surface area contributed by atoms with Gasteiger partial charge in [0.15, 0.2) is 0 Å². The van der Waals surface area contributed by atoms with Crippen LogP contribution >= 0.6 is 11.3 Å². The number of anilines is 1. The van der Waals surface area contributed by atoms with E-state index in [9.17, 15) is 4.55 Å². The largest absolute Gasteiger partial charge is 0.611 e. The summed E-state index contributed by atoms with van der Waals surface area (Å²) < 4.78 is 16.0. The zero-order valence-corrected chi connectivity index (χ0v) is 17.8. The predicted molar refractivity (Wildman–Crippen MR) is 119 cm³/mol. The highest BCUT2D eigenvalue weighted by Crippen LogP contribution is 2.47. The van der Waals surface area contributed by atoms with E-state index >= 15 is 0 Å². The molecule has 30 heavy (non-hydrogen) atoms. The summed E-state index contributed by atoms with van der Waals surface area (Å²) in [5.41, 5.74) is 10.8. The zero-order chi connectivity index (χ0) is 20.2. The van der Waals surface area contributed by atoms with Gasteiger partial charge in [0.2, 0.25) is 4.21 Å². The molecule has 1 unspecified atom stereocenters. The van der Waals surface area contributed by atoms with E-state index in [1.807, 2.05) is 18.3 Å². The fraction of sp³-hybridized carbons (Fsp3) is 0.333. The Bertz CT molecular complexity index is 1230. The first-order valence-electron chi connectivity index (χ1n) is 10.1. The van der Waals surface area contributed by atoms with E-state index in [4.69, 9.17) is 10.7 Å². The number of fused-ring (bicyclic) bond motifs is 1. The molecule has 152 valence electrons. The van der Waals surface area contributed by atoms with Gasteiger partial charge in [0.05, 0.1) is 17.4 Å². The molecule has 2 aliphatic rings. The van der Waals surface area contributed by atoms with Crippen molar-refractivity contribution in [3.05, 3.63) is 37.1 Å². The molecule has 0 aliphatic heterocycles. The minimum Gasteiger partial charge on any atom is -0.611 e. The van der Waals surface area contributed by atoms with Crippen LogP contribution in [0.25, 0.3) is 32.7 Å². The van der Waals surface area contributed by atoms with Gasteiger partial charge in [-0.25, -0.2) is 15.0 Å².